The number of hydrogen-bond donors (Lipinski definition) is 1. The fraction of sp³-hybridized carbons (Fsp3) is 0.333. The highest BCUT2D eigenvalue weighted by Gasteiger charge is 2.35. The summed E-state index contributed by atoms with van der Waals surface area (Å²) in [7, 11) is 0. The van der Waals surface area contributed by atoms with Gasteiger partial charge in [0.1, 0.15) is 30.0 Å². The molecule has 0 radical (unpaired) electrons. The number of carbonyl (C=O) groups is 1. The Bertz CT molecular complexity index is 1380. The van der Waals surface area contributed by atoms with E-state index in [1.807, 2.05) is 90.9 Å². The molecule has 1 aliphatic heterocycles. The normalized spacial score (nSPS) is 16.4. The van der Waals surface area contributed by atoms with Gasteiger partial charge in [0, 0.05) is 24.6 Å². The number of imidazole rings is 1. The third-order valence-electron chi connectivity index (χ3n) is 6.66. The number of aromatic nitrogens is 2. The van der Waals surface area contributed by atoms with Crippen molar-refractivity contribution in [2.24, 2.45) is 0 Å². The molecule has 192 valence electrons. The van der Waals surface area contributed by atoms with Crippen LogP contribution >= 0.6 is 0 Å². The van der Waals surface area contributed by atoms with Gasteiger partial charge in [0.05, 0.1) is 24.2 Å². The number of ether oxygens (including phenoxy) is 2. The lowest BCUT2D eigenvalue weighted by Crippen LogP contribution is -2.26. The lowest BCUT2D eigenvalue weighted by molar-refractivity contribution is -0.117. The van der Waals surface area contributed by atoms with Crippen LogP contribution in [-0.2, 0) is 11.3 Å². The molecule has 0 saturated carbocycles. The van der Waals surface area contributed by atoms with Crippen molar-refractivity contribution in [3.05, 3.63) is 83.7 Å². The van der Waals surface area contributed by atoms with Crippen LogP contribution in [0.5, 0.6) is 11.5 Å². The predicted octanol–water partition coefficient (Wildman–Crippen LogP) is 5.01. The van der Waals surface area contributed by atoms with E-state index >= 15 is 0 Å². The molecule has 5 rings (SSSR count). The molecule has 2 atom stereocenters. The molecule has 1 fully saturated rings. The fourth-order valence-electron chi connectivity index (χ4n) is 5.09. The summed E-state index contributed by atoms with van der Waals surface area (Å²) in [5, 5.41) is 10.9. The molecule has 1 aliphatic rings. The van der Waals surface area contributed by atoms with E-state index in [0.29, 0.717) is 26.1 Å². The number of amides is 1. The van der Waals surface area contributed by atoms with Crippen LogP contribution in [0.4, 0.5) is 5.69 Å². The standard InChI is InChI=1S/C30H33N3O4/c1-4-36-25-11-9-23(10-12-25)32-17-22(16-29(32)35)30-31-27-7-5-6-8-28(27)33(30)18-24(34)19-37-26-14-20(2)13-21(3)15-26/h5-15,22,24,34H,4,16-19H2,1-3H3. The molecule has 0 aliphatic carbocycles. The van der Waals surface area contributed by atoms with Gasteiger partial charge in [0.2, 0.25) is 5.91 Å². The number of rotatable bonds is 9. The molecular weight excluding hydrogens is 466 g/mol. The van der Waals surface area contributed by atoms with E-state index in [4.69, 9.17) is 14.5 Å². The van der Waals surface area contributed by atoms with Crippen LogP contribution in [-0.4, -0.2) is 46.4 Å². The van der Waals surface area contributed by atoms with Gasteiger partial charge < -0.3 is 24.0 Å². The zero-order chi connectivity index (χ0) is 25.9. The molecule has 1 saturated heterocycles. The largest absolute Gasteiger partial charge is 0.494 e. The smallest absolute Gasteiger partial charge is 0.227 e. The van der Waals surface area contributed by atoms with E-state index in [1.165, 1.54) is 0 Å². The molecule has 37 heavy (non-hydrogen) atoms. The van der Waals surface area contributed by atoms with Crippen LogP contribution in [0.1, 0.15) is 36.2 Å². The molecular formula is C30H33N3O4. The maximum Gasteiger partial charge on any atom is 0.227 e. The van der Waals surface area contributed by atoms with E-state index < -0.39 is 6.10 Å². The van der Waals surface area contributed by atoms with Gasteiger partial charge in [-0.25, -0.2) is 4.98 Å². The number of aliphatic hydroxyl groups excluding tert-OH is 1. The van der Waals surface area contributed by atoms with Crippen molar-refractivity contribution in [1.29, 1.82) is 0 Å². The first-order valence-corrected chi connectivity index (χ1v) is 12.8. The van der Waals surface area contributed by atoms with Crippen molar-refractivity contribution in [2.45, 2.75) is 45.8 Å². The molecule has 1 amide bonds. The molecule has 0 spiro atoms. The Morgan fingerprint density at radius 2 is 1.73 bits per heavy atom. The van der Waals surface area contributed by atoms with E-state index in [-0.39, 0.29) is 18.4 Å². The van der Waals surface area contributed by atoms with Crippen LogP contribution in [0.3, 0.4) is 0 Å². The fourth-order valence-corrected chi connectivity index (χ4v) is 5.09. The number of hydrogen-bond acceptors (Lipinski definition) is 5. The highest BCUT2D eigenvalue weighted by atomic mass is 16.5. The number of anilines is 1. The molecule has 1 aromatic heterocycles. The van der Waals surface area contributed by atoms with Gasteiger partial charge in [-0.2, -0.15) is 0 Å². The summed E-state index contributed by atoms with van der Waals surface area (Å²) >= 11 is 0. The van der Waals surface area contributed by atoms with Crippen molar-refractivity contribution >= 4 is 22.6 Å². The summed E-state index contributed by atoms with van der Waals surface area (Å²) < 4.78 is 13.5. The Hall–Kier alpha value is -3.84. The highest BCUT2D eigenvalue weighted by Crippen LogP contribution is 2.34. The van der Waals surface area contributed by atoms with Gasteiger partial charge in [0.25, 0.3) is 0 Å². The second kappa shape index (κ2) is 10.6. The summed E-state index contributed by atoms with van der Waals surface area (Å²) in [6.07, 6.45) is -0.373. The van der Waals surface area contributed by atoms with Crippen LogP contribution in [0.2, 0.25) is 0 Å². The maximum atomic E-state index is 13.0. The Kier molecular flexibility index (Phi) is 7.15. The zero-order valence-electron chi connectivity index (χ0n) is 21.6. The minimum Gasteiger partial charge on any atom is -0.494 e. The Morgan fingerprint density at radius 3 is 2.46 bits per heavy atom. The average Bonchev–Trinajstić information content (AvgIpc) is 3.43. The van der Waals surface area contributed by atoms with E-state index in [2.05, 4.69) is 6.07 Å². The predicted molar refractivity (Wildman–Crippen MR) is 144 cm³/mol. The Morgan fingerprint density at radius 1 is 1.00 bits per heavy atom. The highest BCUT2D eigenvalue weighted by molar-refractivity contribution is 5.96. The third-order valence-corrected chi connectivity index (χ3v) is 6.66. The topological polar surface area (TPSA) is 76.8 Å². The lowest BCUT2D eigenvalue weighted by atomic mass is 10.1. The van der Waals surface area contributed by atoms with Crippen LogP contribution in [0.15, 0.2) is 66.7 Å². The second-order valence-electron chi connectivity index (χ2n) is 9.69. The van der Waals surface area contributed by atoms with Crippen LogP contribution < -0.4 is 14.4 Å². The molecule has 7 nitrogen and oxygen atoms in total. The third kappa shape index (κ3) is 5.47. The molecule has 3 aromatic carbocycles. The summed E-state index contributed by atoms with van der Waals surface area (Å²) in [5.41, 5.74) is 4.88. The molecule has 1 N–H and O–H groups in total. The van der Waals surface area contributed by atoms with Crippen molar-refractivity contribution in [2.75, 3.05) is 24.7 Å². The summed E-state index contributed by atoms with van der Waals surface area (Å²) in [4.78, 5) is 19.7. The lowest BCUT2D eigenvalue weighted by Gasteiger charge is -2.19. The average molecular weight is 500 g/mol. The van der Waals surface area contributed by atoms with Gasteiger partial charge in [0.15, 0.2) is 0 Å². The van der Waals surface area contributed by atoms with E-state index in [1.54, 1.807) is 0 Å². The number of fused-ring (bicyclic) bond motifs is 1. The van der Waals surface area contributed by atoms with Gasteiger partial charge in [-0.05, 0) is 80.4 Å². The summed E-state index contributed by atoms with van der Waals surface area (Å²) in [6, 6.07) is 21.5. The molecule has 4 aromatic rings. The van der Waals surface area contributed by atoms with E-state index in [9.17, 15) is 9.90 Å². The van der Waals surface area contributed by atoms with Gasteiger partial charge in [-0.15, -0.1) is 0 Å². The minimum absolute atomic E-state index is 0.0615. The van der Waals surface area contributed by atoms with Crippen LogP contribution in [0, 0.1) is 13.8 Å². The Labute approximate surface area is 217 Å². The van der Waals surface area contributed by atoms with E-state index in [0.717, 1.165) is 45.2 Å². The first-order chi connectivity index (χ1) is 17.9. The number of aliphatic hydroxyl groups is 1. The SMILES string of the molecule is CCOc1ccc(N2CC(c3nc4ccccc4n3CC(O)COc3cc(C)cc(C)c3)CC2=O)cc1. The summed E-state index contributed by atoms with van der Waals surface area (Å²) in [5.74, 6) is 2.33. The zero-order valence-corrected chi connectivity index (χ0v) is 21.6. The second-order valence-corrected chi connectivity index (χ2v) is 9.69. The van der Waals surface area contributed by atoms with Gasteiger partial charge in [-0.3, -0.25) is 4.79 Å². The number of nitrogens with zero attached hydrogens (tertiary/aromatic N) is 3. The first-order valence-electron chi connectivity index (χ1n) is 12.8. The molecule has 2 heterocycles. The monoisotopic (exact) mass is 499 g/mol. The number of para-hydroxylation sites is 2. The number of aryl methyl sites for hydroxylation is 2. The van der Waals surface area contributed by atoms with Crippen molar-refractivity contribution in [3.63, 3.8) is 0 Å². The number of carbonyl (C=O) groups excluding carboxylic acids is 1. The minimum atomic E-state index is -0.739. The molecule has 7 heteroatoms. The molecule has 2 unspecified atom stereocenters. The van der Waals surface area contributed by atoms with Crippen molar-refractivity contribution in [3.8, 4) is 11.5 Å². The number of benzene rings is 3. The van der Waals surface area contributed by atoms with Gasteiger partial charge >= 0.3 is 0 Å². The molecule has 0 bridgehead atoms. The van der Waals surface area contributed by atoms with Gasteiger partial charge in [-0.1, -0.05) is 18.2 Å². The Balaban J connectivity index is 1.35. The summed E-state index contributed by atoms with van der Waals surface area (Å²) in [6.45, 7) is 7.62. The first kappa shape index (κ1) is 24.8. The van der Waals surface area contributed by atoms with Crippen LogP contribution in [0.25, 0.3) is 11.0 Å². The van der Waals surface area contributed by atoms with Crippen molar-refractivity contribution in [1.82, 2.24) is 9.55 Å². The quantitative estimate of drug-likeness (QED) is 0.350. The maximum absolute atomic E-state index is 13.0. The van der Waals surface area contributed by atoms with Crippen molar-refractivity contribution < 1.29 is 19.4 Å².